The van der Waals surface area contributed by atoms with Gasteiger partial charge in [-0.3, -0.25) is 0 Å². The molecule has 41 heavy (non-hydrogen) atoms. The first-order valence-corrected chi connectivity index (χ1v) is 12.9. The van der Waals surface area contributed by atoms with Crippen LogP contribution in [0.5, 0.6) is 28.7 Å². The van der Waals surface area contributed by atoms with Crippen LogP contribution in [-0.4, -0.2) is 33.5 Å². The van der Waals surface area contributed by atoms with Crippen LogP contribution < -0.4 is 23.7 Å². The fraction of sp³-hybridized carbons (Fsp3) is 0.176. The summed E-state index contributed by atoms with van der Waals surface area (Å²) in [5.74, 6) is 2.43. The Bertz CT molecular complexity index is 1500. The van der Waals surface area contributed by atoms with Gasteiger partial charge in [0.05, 0.1) is 35.0 Å². The van der Waals surface area contributed by atoms with Crippen LogP contribution in [0.3, 0.4) is 0 Å². The van der Waals surface area contributed by atoms with E-state index in [9.17, 15) is 9.50 Å². The van der Waals surface area contributed by atoms with Gasteiger partial charge in [-0.15, -0.1) is 0 Å². The summed E-state index contributed by atoms with van der Waals surface area (Å²) in [5, 5.41) is 9.38. The Morgan fingerprint density at radius 3 is 1.85 bits per heavy atom. The molecule has 6 nitrogen and oxygen atoms in total. The molecule has 0 aliphatic heterocycles. The maximum absolute atomic E-state index is 15.0. The molecule has 0 unspecified atom stereocenters. The smallest absolute Gasteiger partial charge is 0.203 e. The van der Waals surface area contributed by atoms with Crippen molar-refractivity contribution >= 4 is 24.3 Å². The Hall–Kier alpha value is -4.75. The van der Waals surface area contributed by atoms with Gasteiger partial charge in [0, 0.05) is 11.6 Å². The first-order chi connectivity index (χ1) is 20.0. The lowest BCUT2D eigenvalue weighted by Gasteiger charge is -2.15. The zero-order valence-corrected chi connectivity index (χ0v) is 23.5. The van der Waals surface area contributed by atoms with Gasteiger partial charge in [-0.2, -0.15) is 0 Å². The summed E-state index contributed by atoms with van der Waals surface area (Å²) in [7, 11) is 6.29. The largest absolute Gasteiger partial charge is 0.497 e. The fourth-order valence-corrected chi connectivity index (χ4v) is 4.20. The first-order valence-electron chi connectivity index (χ1n) is 12.9. The van der Waals surface area contributed by atoms with Crippen LogP contribution in [0.4, 0.5) is 4.39 Å². The Morgan fingerprint density at radius 2 is 1.24 bits per heavy atom. The predicted octanol–water partition coefficient (Wildman–Crippen LogP) is 7.27. The number of hydrogen-bond donors (Lipinski definition) is 1. The van der Waals surface area contributed by atoms with E-state index in [0.29, 0.717) is 34.3 Å². The molecule has 0 atom stereocenters. The van der Waals surface area contributed by atoms with Crippen LogP contribution in [0, 0.1) is 5.82 Å². The van der Waals surface area contributed by atoms with Gasteiger partial charge < -0.3 is 28.8 Å². The first kappa shape index (κ1) is 29.2. The summed E-state index contributed by atoms with van der Waals surface area (Å²) < 4.78 is 42.8. The normalized spacial score (nSPS) is 11.2. The van der Waals surface area contributed by atoms with Crippen molar-refractivity contribution < 1.29 is 33.2 Å². The zero-order chi connectivity index (χ0) is 29.2. The zero-order valence-electron chi connectivity index (χ0n) is 23.5. The molecule has 1 N–H and O–H groups in total. The van der Waals surface area contributed by atoms with Crippen molar-refractivity contribution in [1.82, 2.24) is 0 Å². The third kappa shape index (κ3) is 7.68. The Morgan fingerprint density at radius 1 is 0.634 bits per heavy atom. The standard InChI is InChI=1S/C34H33FO6/c1-37-29-15-24(16-30(20-29)38-2)9-8-23-10-12-28(31(35)17-23)13-11-25-18-32(39-3)34(33(19-25)40-4)41-22-27-7-5-6-26(14-27)21-36/h5-20,36H,21-22H2,1-4H3/b9-8+,13-11+. The van der Waals surface area contributed by atoms with Crippen LogP contribution in [0.15, 0.2) is 72.8 Å². The van der Waals surface area contributed by atoms with E-state index in [4.69, 9.17) is 23.7 Å². The number of ether oxygens (including phenoxy) is 5. The monoisotopic (exact) mass is 556 g/mol. The molecule has 0 heterocycles. The molecule has 0 fully saturated rings. The van der Waals surface area contributed by atoms with Crippen molar-refractivity contribution in [3.05, 3.63) is 112 Å². The lowest BCUT2D eigenvalue weighted by atomic mass is 10.1. The highest BCUT2D eigenvalue weighted by Gasteiger charge is 2.14. The molecule has 4 aromatic rings. The summed E-state index contributed by atoms with van der Waals surface area (Å²) in [6.07, 6.45) is 7.20. The second-order valence-corrected chi connectivity index (χ2v) is 9.11. The van der Waals surface area contributed by atoms with Gasteiger partial charge in [0.25, 0.3) is 0 Å². The van der Waals surface area contributed by atoms with E-state index in [0.717, 1.165) is 27.8 Å². The molecule has 4 rings (SSSR count). The van der Waals surface area contributed by atoms with Crippen molar-refractivity contribution in [2.75, 3.05) is 28.4 Å². The average Bonchev–Trinajstić information content (AvgIpc) is 3.01. The van der Waals surface area contributed by atoms with Crippen LogP contribution in [-0.2, 0) is 13.2 Å². The Balaban J connectivity index is 1.50. The van der Waals surface area contributed by atoms with Crippen LogP contribution >= 0.6 is 0 Å². The van der Waals surface area contributed by atoms with Gasteiger partial charge in [0.2, 0.25) is 5.75 Å². The quantitative estimate of drug-likeness (QED) is 0.185. The molecule has 0 aromatic heterocycles. The van der Waals surface area contributed by atoms with Crippen LogP contribution in [0.1, 0.15) is 33.4 Å². The molecule has 0 aliphatic carbocycles. The predicted molar refractivity (Wildman–Crippen MR) is 160 cm³/mol. The molecule has 212 valence electrons. The number of benzene rings is 4. The number of halogens is 1. The second-order valence-electron chi connectivity index (χ2n) is 9.11. The maximum Gasteiger partial charge on any atom is 0.203 e. The molecular formula is C34H33FO6. The van der Waals surface area contributed by atoms with Gasteiger partial charge in [0.1, 0.15) is 23.9 Å². The third-order valence-electron chi connectivity index (χ3n) is 6.36. The highest BCUT2D eigenvalue weighted by molar-refractivity contribution is 5.75. The highest BCUT2D eigenvalue weighted by atomic mass is 19.1. The third-order valence-corrected chi connectivity index (χ3v) is 6.36. The molecule has 0 amide bonds. The lowest BCUT2D eigenvalue weighted by Crippen LogP contribution is -2.01. The minimum atomic E-state index is -0.351. The summed E-state index contributed by atoms with van der Waals surface area (Å²) in [6.45, 7) is 0.230. The van der Waals surface area contributed by atoms with Gasteiger partial charge in [-0.25, -0.2) is 4.39 Å². The van der Waals surface area contributed by atoms with E-state index in [1.165, 1.54) is 6.07 Å². The average molecular weight is 557 g/mol. The summed E-state index contributed by atoms with van der Waals surface area (Å²) in [6, 6.07) is 21.7. The minimum absolute atomic E-state index is 0.0412. The molecule has 0 saturated carbocycles. The van der Waals surface area contributed by atoms with E-state index in [1.807, 2.05) is 54.6 Å². The minimum Gasteiger partial charge on any atom is -0.497 e. The number of aliphatic hydroxyl groups excluding tert-OH is 1. The Labute approximate surface area is 239 Å². The molecule has 0 radical (unpaired) electrons. The molecule has 4 aromatic carbocycles. The molecule has 7 heteroatoms. The summed E-state index contributed by atoms with van der Waals surface area (Å²) >= 11 is 0. The van der Waals surface area contributed by atoms with Crippen molar-refractivity contribution in [1.29, 1.82) is 0 Å². The van der Waals surface area contributed by atoms with Crippen LogP contribution in [0.2, 0.25) is 0 Å². The topological polar surface area (TPSA) is 66.4 Å². The summed E-state index contributed by atoms with van der Waals surface area (Å²) in [4.78, 5) is 0. The second kappa shape index (κ2) is 14.1. The van der Waals surface area contributed by atoms with Gasteiger partial charge in [-0.05, 0) is 58.1 Å². The molecule has 0 bridgehead atoms. The molecular weight excluding hydrogens is 523 g/mol. The van der Waals surface area contributed by atoms with E-state index in [2.05, 4.69) is 0 Å². The van der Waals surface area contributed by atoms with Crippen molar-refractivity contribution in [3.63, 3.8) is 0 Å². The lowest BCUT2D eigenvalue weighted by molar-refractivity contribution is 0.264. The molecule has 0 spiro atoms. The number of aliphatic hydroxyl groups is 1. The van der Waals surface area contributed by atoms with E-state index < -0.39 is 0 Å². The Kier molecular flexibility index (Phi) is 10.0. The van der Waals surface area contributed by atoms with E-state index >= 15 is 0 Å². The van der Waals surface area contributed by atoms with Crippen molar-refractivity contribution in [2.24, 2.45) is 0 Å². The summed E-state index contributed by atoms with van der Waals surface area (Å²) in [5.41, 5.74) is 4.49. The highest BCUT2D eigenvalue weighted by Crippen LogP contribution is 2.39. The molecule has 0 saturated heterocycles. The van der Waals surface area contributed by atoms with Crippen molar-refractivity contribution in [3.8, 4) is 28.7 Å². The maximum atomic E-state index is 15.0. The fourth-order valence-electron chi connectivity index (χ4n) is 4.20. The van der Waals surface area contributed by atoms with Crippen molar-refractivity contribution in [2.45, 2.75) is 13.2 Å². The van der Waals surface area contributed by atoms with E-state index in [-0.39, 0.29) is 19.0 Å². The number of methoxy groups -OCH3 is 4. The molecule has 0 aliphatic rings. The van der Waals surface area contributed by atoms with Crippen LogP contribution in [0.25, 0.3) is 24.3 Å². The van der Waals surface area contributed by atoms with E-state index in [1.54, 1.807) is 64.9 Å². The SMILES string of the molecule is COc1cc(/C=C/c2ccc(/C=C/c3cc(OC)c(OCc4cccc(CO)c4)c(OC)c3)c(F)c2)cc(OC)c1. The van der Waals surface area contributed by atoms with Gasteiger partial charge in [0.15, 0.2) is 11.5 Å². The number of rotatable bonds is 12. The number of hydrogen-bond acceptors (Lipinski definition) is 6. The van der Waals surface area contributed by atoms with Gasteiger partial charge >= 0.3 is 0 Å². The van der Waals surface area contributed by atoms with Gasteiger partial charge in [-0.1, -0.05) is 60.7 Å².